The molecule has 0 atom stereocenters. The summed E-state index contributed by atoms with van der Waals surface area (Å²) in [7, 11) is 0. The van der Waals surface area contributed by atoms with Crippen molar-refractivity contribution < 1.29 is 10.1 Å². The molecule has 0 heterocycles. The van der Waals surface area contributed by atoms with Gasteiger partial charge < -0.3 is 10.1 Å². The van der Waals surface area contributed by atoms with E-state index in [2.05, 4.69) is 30.1 Å². The Bertz CT molecular complexity index is 508. The number of ether oxygens (including phenoxy) is 1. The molecule has 19 heavy (non-hydrogen) atoms. The van der Waals surface area contributed by atoms with Crippen LogP contribution in [0.1, 0.15) is 11.1 Å². The molecule has 2 aromatic rings. The van der Waals surface area contributed by atoms with Gasteiger partial charge in [-0.25, -0.2) is 0 Å². The maximum Gasteiger partial charge on any atom is 0.128 e. The van der Waals surface area contributed by atoms with E-state index in [4.69, 9.17) is 4.74 Å². The number of para-hydroxylation sites is 1. The summed E-state index contributed by atoms with van der Waals surface area (Å²) in [6.07, 6.45) is 1.91. The highest BCUT2D eigenvalue weighted by Crippen LogP contribution is 2.18. The highest BCUT2D eigenvalue weighted by molar-refractivity contribution is 5.32. The molecule has 0 aromatic heterocycles. The number of hydrogen-bond acceptors (Lipinski definition) is 1. The van der Waals surface area contributed by atoms with Crippen LogP contribution in [0, 0.1) is 0 Å². The number of hydrogen-bond donors (Lipinski definition) is 1. The van der Waals surface area contributed by atoms with E-state index < -0.39 is 0 Å². The summed E-state index contributed by atoms with van der Waals surface area (Å²) in [4.78, 5) is 0. The SMILES string of the molecule is C=CC[NH2+]Cc1ccccc1OCc1ccccc1. The van der Waals surface area contributed by atoms with Gasteiger partial charge in [0.15, 0.2) is 0 Å². The Morgan fingerprint density at radius 3 is 2.53 bits per heavy atom. The second kappa shape index (κ2) is 7.39. The van der Waals surface area contributed by atoms with E-state index >= 15 is 0 Å². The zero-order valence-electron chi connectivity index (χ0n) is 11.1. The van der Waals surface area contributed by atoms with Crippen LogP contribution in [-0.4, -0.2) is 6.54 Å². The van der Waals surface area contributed by atoms with Crippen molar-refractivity contribution in [3.05, 3.63) is 78.4 Å². The summed E-state index contributed by atoms with van der Waals surface area (Å²) >= 11 is 0. The molecule has 2 nitrogen and oxygen atoms in total. The Morgan fingerprint density at radius 2 is 1.74 bits per heavy atom. The lowest BCUT2D eigenvalue weighted by Gasteiger charge is -2.10. The third-order valence-corrected chi connectivity index (χ3v) is 2.91. The monoisotopic (exact) mass is 254 g/mol. The molecule has 0 aliphatic rings. The first-order chi connectivity index (χ1) is 9.40. The van der Waals surface area contributed by atoms with Crippen molar-refractivity contribution in [2.24, 2.45) is 0 Å². The molecular formula is C17H20NO+. The highest BCUT2D eigenvalue weighted by Gasteiger charge is 2.04. The molecule has 0 amide bonds. The average Bonchev–Trinajstić information content (AvgIpc) is 2.48. The third-order valence-electron chi connectivity index (χ3n) is 2.91. The zero-order valence-corrected chi connectivity index (χ0v) is 11.1. The van der Waals surface area contributed by atoms with Crippen molar-refractivity contribution in [1.29, 1.82) is 0 Å². The molecular weight excluding hydrogens is 234 g/mol. The molecule has 0 aliphatic heterocycles. The summed E-state index contributed by atoms with van der Waals surface area (Å²) in [5.74, 6) is 0.965. The van der Waals surface area contributed by atoms with Crippen LogP contribution in [0.15, 0.2) is 67.3 Å². The van der Waals surface area contributed by atoms with Crippen LogP contribution in [0.2, 0.25) is 0 Å². The van der Waals surface area contributed by atoms with Crippen molar-refractivity contribution in [2.45, 2.75) is 13.2 Å². The molecule has 2 aromatic carbocycles. The van der Waals surface area contributed by atoms with Crippen LogP contribution in [-0.2, 0) is 13.2 Å². The molecule has 2 rings (SSSR count). The van der Waals surface area contributed by atoms with E-state index in [-0.39, 0.29) is 0 Å². The molecule has 0 unspecified atom stereocenters. The lowest BCUT2D eigenvalue weighted by atomic mass is 10.2. The van der Waals surface area contributed by atoms with Crippen LogP contribution in [0.25, 0.3) is 0 Å². The lowest BCUT2D eigenvalue weighted by molar-refractivity contribution is -0.662. The summed E-state index contributed by atoms with van der Waals surface area (Å²) in [6, 6.07) is 18.4. The van der Waals surface area contributed by atoms with E-state index in [9.17, 15) is 0 Å². The summed E-state index contributed by atoms with van der Waals surface area (Å²) in [5.41, 5.74) is 2.41. The second-order valence-corrected chi connectivity index (χ2v) is 4.40. The Labute approximate surface area is 114 Å². The van der Waals surface area contributed by atoms with Gasteiger partial charge in [-0.1, -0.05) is 49.0 Å². The van der Waals surface area contributed by atoms with E-state index in [1.807, 2.05) is 42.5 Å². The van der Waals surface area contributed by atoms with Crippen molar-refractivity contribution >= 4 is 0 Å². The van der Waals surface area contributed by atoms with Gasteiger partial charge >= 0.3 is 0 Å². The minimum Gasteiger partial charge on any atom is -0.488 e. The summed E-state index contributed by atoms with van der Waals surface area (Å²) in [5, 5.41) is 2.21. The van der Waals surface area contributed by atoms with Crippen molar-refractivity contribution in [3.8, 4) is 5.75 Å². The van der Waals surface area contributed by atoms with Crippen LogP contribution in [0.5, 0.6) is 5.75 Å². The van der Waals surface area contributed by atoms with Crippen LogP contribution < -0.4 is 10.1 Å². The predicted octanol–water partition coefficient (Wildman–Crippen LogP) is 2.52. The fraction of sp³-hybridized carbons (Fsp3) is 0.176. The minimum atomic E-state index is 0.610. The van der Waals surface area contributed by atoms with Gasteiger partial charge in [-0.2, -0.15) is 0 Å². The molecule has 98 valence electrons. The van der Waals surface area contributed by atoms with Crippen molar-refractivity contribution in [3.63, 3.8) is 0 Å². The van der Waals surface area contributed by atoms with Crippen LogP contribution >= 0.6 is 0 Å². The van der Waals surface area contributed by atoms with E-state index in [1.54, 1.807) is 0 Å². The maximum atomic E-state index is 5.91. The fourth-order valence-corrected chi connectivity index (χ4v) is 1.91. The van der Waals surface area contributed by atoms with Crippen molar-refractivity contribution in [1.82, 2.24) is 0 Å². The standard InChI is InChI=1S/C17H19NO/c1-2-12-18-13-16-10-6-7-11-17(16)19-14-15-8-4-3-5-9-15/h2-11,18H,1,12-14H2/p+1. The number of quaternary nitrogens is 1. The van der Waals surface area contributed by atoms with Gasteiger partial charge in [-0.3, -0.25) is 0 Å². The highest BCUT2D eigenvalue weighted by atomic mass is 16.5. The molecule has 2 N–H and O–H groups in total. The van der Waals surface area contributed by atoms with Gasteiger partial charge in [-0.15, -0.1) is 0 Å². The quantitative estimate of drug-likeness (QED) is 0.596. The van der Waals surface area contributed by atoms with Gasteiger partial charge in [0, 0.05) is 5.56 Å². The van der Waals surface area contributed by atoms with Crippen molar-refractivity contribution in [2.75, 3.05) is 6.54 Å². The summed E-state index contributed by atoms with van der Waals surface area (Å²) in [6.45, 7) is 6.18. The molecule has 0 saturated carbocycles. The van der Waals surface area contributed by atoms with E-state index in [0.29, 0.717) is 6.61 Å². The molecule has 0 fully saturated rings. The lowest BCUT2D eigenvalue weighted by Crippen LogP contribution is -2.82. The molecule has 0 aliphatic carbocycles. The van der Waals surface area contributed by atoms with Gasteiger partial charge in [0.05, 0.1) is 6.54 Å². The molecule has 0 spiro atoms. The van der Waals surface area contributed by atoms with Gasteiger partial charge in [0.1, 0.15) is 18.9 Å². The average molecular weight is 254 g/mol. The van der Waals surface area contributed by atoms with Gasteiger partial charge in [0.2, 0.25) is 0 Å². The topological polar surface area (TPSA) is 25.8 Å². The first kappa shape index (κ1) is 13.4. The van der Waals surface area contributed by atoms with E-state index in [0.717, 1.165) is 18.8 Å². The minimum absolute atomic E-state index is 0.610. The van der Waals surface area contributed by atoms with Crippen LogP contribution in [0.4, 0.5) is 0 Å². The first-order valence-corrected chi connectivity index (χ1v) is 6.57. The Hall–Kier alpha value is -2.06. The molecule has 0 saturated heterocycles. The number of benzene rings is 2. The normalized spacial score (nSPS) is 10.1. The largest absolute Gasteiger partial charge is 0.488 e. The number of rotatable bonds is 7. The first-order valence-electron chi connectivity index (χ1n) is 6.57. The number of nitrogens with two attached hydrogens (primary N) is 1. The van der Waals surface area contributed by atoms with Gasteiger partial charge in [-0.05, 0) is 23.8 Å². The predicted molar refractivity (Wildman–Crippen MR) is 77.9 cm³/mol. The van der Waals surface area contributed by atoms with E-state index in [1.165, 1.54) is 11.1 Å². The smallest absolute Gasteiger partial charge is 0.128 e. The third kappa shape index (κ3) is 4.27. The van der Waals surface area contributed by atoms with Gasteiger partial charge in [0.25, 0.3) is 0 Å². The zero-order chi connectivity index (χ0) is 13.3. The summed E-state index contributed by atoms with van der Waals surface area (Å²) < 4.78 is 5.91. The molecule has 0 radical (unpaired) electrons. The molecule has 2 heteroatoms. The second-order valence-electron chi connectivity index (χ2n) is 4.40. The maximum absolute atomic E-state index is 5.91. The van der Waals surface area contributed by atoms with Crippen LogP contribution in [0.3, 0.4) is 0 Å². The Balaban J connectivity index is 1.97. The molecule has 0 bridgehead atoms. The Kier molecular flexibility index (Phi) is 5.20. The Morgan fingerprint density at radius 1 is 1.00 bits per heavy atom. The fourth-order valence-electron chi connectivity index (χ4n) is 1.91.